The van der Waals surface area contributed by atoms with Crippen molar-refractivity contribution in [1.82, 2.24) is 0 Å². The molecule has 88 valence electrons. The van der Waals surface area contributed by atoms with Crippen molar-refractivity contribution in [3.8, 4) is 5.75 Å². The largest absolute Gasteiger partial charge is 0.480 e. The molecule has 0 aliphatic heterocycles. The highest BCUT2D eigenvalue weighted by atomic mass is 16.5. The molecule has 0 aliphatic rings. The molecule has 0 spiro atoms. The lowest BCUT2D eigenvalue weighted by atomic mass is 10.1. The minimum atomic E-state index is -0.665. The molecule has 0 heterocycles. The molecule has 1 amide bonds. The van der Waals surface area contributed by atoms with Crippen LogP contribution in [0.2, 0.25) is 0 Å². The molecule has 4 N–H and O–H groups in total. The van der Waals surface area contributed by atoms with Gasteiger partial charge in [-0.1, -0.05) is 24.3 Å². The van der Waals surface area contributed by atoms with Crippen molar-refractivity contribution in [3.63, 3.8) is 0 Å². The van der Waals surface area contributed by atoms with Crippen LogP contribution in [0, 0.1) is 0 Å². The SMILES string of the molecule is C[C@H](Oc1ccc(N)c2ccccc12)C(N)=O. The third-order valence-corrected chi connectivity index (χ3v) is 2.62. The molecule has 0 unspecified atom stereocenters. The van der Waals surface area contributed by atoms with Crippen molar-refractivity contribution < 1.29 is 9.53 Å². The molecule has 2 aromatic rings. The van der Waals surface area contributed by atoms with E-state index in [0.29, 0.717) is 11.4 Å². The fourth-order valence-electron chi connectivity index (χ4n) is 1.65. The monoisotopic (exact) mass is 230 g/mol. The van der Waals surface area contributed by atoms with Crippen LogP contribution in [-0.2, 0) is 4.79 Å². The van der Waals surface area contributed by atoms with Crippen LogP contribution >= 0.6 is 0 Å². The van der Waals surface area contributed by atoms with Gasteiger partial charge < -0.3 is 16.2 Å². The molecule has 0 bridgehead atoms. The van der Waals surface area contributed by atoms with Gasteiger partial charge in [0.1, 0.15) is 5.75 Å². The summed E-state index contributed by atoms with van der Waals surface area (Å²) < 4.78 is 5.51. The highest BCUT2D eigenvalue weighted by Crippen LogP contribution is 2.30. The summed E-state index contributed by atoms with van der Waals surface area (Å²) in [4.78, 5) is 11.0. The van der Waals surface area contributed by atoms with E-state index < -0.39 is 12.0 Å². The summed E-state index contributed by atoms with van der Waals surface area (Å²) in [6.07, 6.45) is -0.665. The summed E-state index contributed by atoms with van der Waals surface area (Å²) in [7, 11) is 0. The maximum Gasteiger partial charge on any atom is 0.258 e. The molecule has 4 nitrogen and oxygen atoms in total. The Balaban J connectivity index is 2.48. The summed E-state index contributed by atoms with van der Waals surface area (Å²) in [6, 6.07) is 11.1. The van der Waals surface area contributed by atoms with E-state index in [2.05, 4.69) is 0 Å². The zero-order valence-corrected chi connectivity index (χ0v) is 9.51. The number of primary amides is 1. The second-order valence-corrected chi connectivity index (χ2v) is 3.86. The molecular weight excluding hydrogens is 216 g/mol. The number of ether oxygens (including phenoxy) is 1. The lowest BCUT2D eigenvalue weighted by Gasteiger charge is -2.14. The minimum Gasteiger partial charge on any atom is -0.480 e. The molecule has 0 radical (unpaired) electrons. The number of rotatable bonds is 3. The predicted molar refractivity (Wildman–Crippen MR) is 67.6 cm³/mol. The van der Waals surface area contributed by atoms with Crippen LogP contribution in [-0.4, -0.2) is 12.0 Å². The number of hydrogen-bond acceptors (Lipinski definition) is 3. The number of anilines is 1. The second-order valence-electron chi connectivity index (χ2n) is 3.86. The predicted octanol–water partition coefficient (Wildman–Crippen LogP) is 1.67. The third-order valence-electron chi connectivity index (χ3n) is 2.62. The highest BCUT2D eigenvalue weighted by Gasteiger charge is 2.12. The Morgan fingerprint density at radius 2 is 1.82 bits per heavy atom. The van der Waals surface area contributed by atoms with Crippen molar-refractivity contribution in [2.45, 2.75) is 13.0 Å². The van der Waals surface area contributed by atoms with E-state index in [1.165, 1.54) is 0 Å². The van der Waals surface area contributed by atoms with Crippen molar-refractivity contribution in [3.05, 3.63) is 36.4 Å². The van der Waals surface area contributed by atoms with E-state index in [9.17, 15) is 4.79 Å². The van der Waals surface area contributed by atoms with Crippen LogP contribution in [0.25, 0.3) is 10.8 Å². The number of amides is 1. The molecule has 0 aliphatic carbocycles. The quantitative estimate of drug-likeness (QED) is 0.787. The lowest BCUT2D eigenvalue weighted by Crippen LogP contribution is -2.30. The van der Waals surface area contributed by atoms with Gasteiger partial charge >= 0.3 is 0 Å². The van der Waals surface area contributed by atoms with Crippen LogP contribution < -0.4 is 16.2 Å². The standard InChI is InChI=1S/C13H14N2O2/c1-8(13(15)16)17-12-7-6-11(14)9-4-2-3-5-10(9)12/h2-8H,14H2,1H3,(H2,15,16)/t8-/m0/s1. The molecule has 1 atom stereocenters. The lowest BCUT2D eigenvalue weighted by molar-refractivity contribution is -0.123. The number of nitrogens with two attached hydrogens (primary N) is 2. The van der Waals surface area contributed by atoms with Crippen LogP contribution in [0.5, 0.6) is 5.75 Å². The molecule has 0 saturated heterocycles. The van der Waals surface area contributed by atoms with Crippen LogP contribution in [0.4, 0.5) is 5.69 Å². The van der Waals surface area contributed by atoms with Crippen molar-refractivity contribution in [2.24, 2.45) is 5.73 Å². The average molecular weight is 230 g/mol. The Kier molecular flexibility index (Phi) is 2.87. The van der Waals surface area contributed by atoms with E-state index in [4.69, 9.17) is 16.2 Å². The minimum absolute atomic E-state index is 0.495. The number of hydrogen-bond donors (Lipinski definition) is 2. The molecule has 2 rings (SSSR count). The average Bonchev–Trinajstić information content (AvgIpc) is 2.33. The number of carbonyl (C=O) groups excluding carboxylic acids is 1. The summed E-state index contributed by atoms with van der Waals surface area (Å²) in [5.74, 6) is 0.118. The van der Waals surface area contributed by atoms with Crippen LogP contribution in [0.3, 0.4) is 0 Å². The van der Waals surface area contributed by atoms with Gasteiger partial charge in [-0.3, -0.25) is 4.79 Å². The normalized spacial score (nSPS) is 12.3. The number of carbonyl (C=O) groups is 1. The fourth-order valence-corrected chi connectivity index (χ4v) is 1.65. The highest BCUT2D eigenvalue weighted by molar-refractivity contribution is 5.97. The number of fused-ring (bicyclic) bond motifs is 1. The Hall–Kier alpha value is -2.23. The third kappa shape index (κ3) is 2.15. The summed E-state index contributed by atoms with van der Waals surface area (Å²) in [5.41, 5.74) is 11.7. The molecule has 2 aromatic carbocycles. The maximum absolute atomic E-state index is 11.0. The first-order valence-corrected chi connectivity index (χ1v) is 5.33. The fraction of sp³-hybridized carbons (Fsp3) is 0.154. The smallest absolute Gasteiger partial charge is 0.258 e. The summed E-state index contributed by atoms with van der Waals surface area (Å²) in [6.45, 7) is 1.62. The molecular formula is C13H14N2O2. The Bertz CT molecular complexity index is 566. The Morgan fingerprint density at radius 3 is 2.47 bits per heavy atom. The second kappa shape index (κ2) is 4.33. The van der Waals surface area contributed by atoms with Gasteiger partial charge in [0.05, 0.1) is 0 Å². The van der Waals surface area contributed by atoms with Crippen molar-refractivity contribution in [2.75, 3.05) is 5.73 Å². The first kappa shape index (κ1) is 11.3. The van der Waals surface area contributed by atoms with Gasteiger partial charge in [-0.05, 0) is 19.1 Å². The van der Waals surface area contributed by atoms with E-state index in [1.54, 1.807) is 19.1 Å². The van der Waals surface area contributed by atoms with Gasteiger partial charge in [0, 0.05) is 16.5 Å². The topological polar surface area (TPSA) is 78.3 Å². The first-order valence-electron chi connectivity index (χ1n) is 5.33. The zero-order chi connectivity index (χ0) is 12.4. The molecule has 4 heteroatoms. The summed E-state index contributed by atoms with van der Waals surface area (Å²) >= 11 is 0. The maximum atomic E-state index is 11.0. The van der Waals surface area contributed by atoms with Gasteiger partial charge in [0.2, 0.25) is 0 Å². The van der Waals surface area contributed by atoms with Gasteiger partial charge in [0.15, 0.2) is 6.10 Å². The first-order chi connectivity index (χ1) is 8.09. The van der Waals surface area contributed by atoms with Crippen LogP contribution in [0.1, 0.15) is 6.92 Å². The molecule has 17 heavy (non-hydrogen) atoms. The molecule has 0 fully saturated rings. The van der Waals surface area contributed by atoms with Gasteiger partial charge in [-0.15, -0.1) is 0 Å². The summed E-state index contributed by atoms with van der Waals surface area (Å²) in [5, 5.41) is 1.78. The molecule has 0 saturated carbocycles. The van der Waals surface area contributed by atoms with E-state index in [-0.39, 0.29) is 0 Å². The van der Waals surface area contributed by atoms with Crippen molar-refractivity contribution >= 4 is 22.4 Å². The Morgan fingerprint density at radius 1 is 1.18 bits per heavy atom. The molecule has 0 aromatic heterocycles. The van der Waals surface area contributed by atoms with E-state index >= 15 is 0 Å². The van der Waals surface area contributed by atoms with Crippen LogP contribution in [0.15, 0.2) is 36.4 Å². The van der Waals surface area contributed by atoms with E-state index in [0.717, 1.165) is 10.8 Å². The number of benzene rings is 2. The van der Waals surface area contributed by atoms with E-state index in [1.807, 2.05) is 24.3 Å². The zero-order valence-electron chi connectivity index (χ0n) is 9.51. The van der Waals surface area contributed by atoms with Gasteiger partial charge in [0.25, 0.3) is 5.91 Å². The van der Waals surface area contributed by atoms with Gasteiger partial charge in [-0.2, -0.15) is 0 Å². The van der Waals surface area contributed by atoms with Crippen molar-refractivity contribution in [1.29, 1.82) is 0 Å². The Labute approximate surface area is 99.2 Å². The van der Waals surface area contributed by atoms with Gasteiger partial charge in [-0.25, -0.2) is 0 Å². The number of nitrogen functional groups attached to an aromatic ring is 1.